The number of nitrogens with zero attached hydrogens (tertiary/aromatic N) is 1. The third kappa shape index (κ3) is 3.38. The molecule has 0 heterocycles. The minimum absolute atomic E-state index is 0.0725. The van der Waals surface area contributed by atoms with Gasteiger partial charge in [0.1, 0.15) is 5.84 Å². The fraction of sp³-hybridized carbons (Fsp3) is 0.300. The molecular formula is C10H12F2N2O2. The van der Waals surface area contributed by atoms with Crippen molar-refractivity contribution in [1.29, 1.82) is 0 Å². The van der Waals surface area contributed by atoms with Crippen molar-refractivity contribution >= 4 is 5.84 Å². The second kappa shape index (κ2) is 5.89. The van der Waals surface area contributed by atoms with E-state index >= 15 is 0 Å². The molecule has 0 fully saturated rings. The molecule has 6 heteroatoms. The van der Waals surface area contributed by atoms with E-state index in [9.17, 15) is 8.78 Å². The zero-order valence-electron chi connectivity index (χ0n) is 8.49. The van der Waals surface area contributed by atoms with E-state index in [1.54, 1.807) is 0 Å². The molecule has 0 bridgehead atoms. The molecule has 0 atom stereocenters. The number of nitrogens with two attached hydrogens (primary N) is 1. The van der Waals surface area contributed by atoms with Gasteiger partial charge in [-0.05, 0) is 18.6 Å². The third-order valence-electron chi connectivity index (χ3n) is 1.88. The maximum Gasteiger partial charge on any atom is 0.200 e. The van der Waals surface area contributed by atoms with Crippen molar-refractivity contribution in [3.8, 4) is 5.75 Å². The van der Waals surface area contributed by atoms with Gasteiger partial charge < -0.3 is 15.7 Å². The second-order valence-corrected chi connectivity index (χ2v) is 3.10. The predicted molar refractivity (Wildman–Crippen MR) is 54.5 cm³/mol. The van der Waals surface area contributed by atoms with Crippen molar-refractivity contribution < 1.29 is 18.7 Å². The Morgan fingerprint density at radius 3 is 2.88 bits per heavy atom. The van der Waals surface area contributed by atoms with Gasteiger partial charge in [0.2, 0.25) is 5.82 Å². The van der Waals surface area contributed by atoms with Crippen LogP contribution in [0.15, 0.2) is 23.4 Å². The molecule has 0 radical (unpaired) electrons. The first-order chi connectivity index (χ1) is 7.65. The summed E-state index contributed by atoms with van der Waals surface area (Å²) >= 11 is 0. The van der Waals surface area contributed by atoms with Crippen LogP contribution in [0.25, 0.3) is 0 Å². The van der Waals surface area contributed by atoms with Crippen LogP contribution in [0.3, 0.4) is 0 Å². The second-order valence-electron chi connectivity index (χ2n) is 3.10. The van der Waals surface area contributed by atoms with E-state index < -0.39 is 11.6 Å². The van der Waals surface area contributed by atoms with Crippen LogP contribution < -0.4 is 10.5 Å². The monoisotopic (exact) mass is 230 g/mol. The first-order valence-corrected chi connectivity index (χ1v) is 4.68. The lowest BCUT2D eigenvalue weighted by Crippen LogP contribution is -2.13. The molecule has 0 aromatic heterocycles. The van der Waals surface area contributed by atoms with Crippen molar-refractivity contribution in [2.75, 3.05) is 6.61 Å². The Kier molecular flexibility index (Phi) is 4.50. The highest BCUT2D eigenvalue weighted by molar-refractivity contribution is 5.79. The molecule has 0 amide bonds. The van der Waals surface area contributed by atoms with Crippen molar-refractivity contribution in [2.24, 2.45) is 10.9 Å². The first kappa shape index (κ1) is 12.2. The number of halogens is 2. The Hall–Kier alpha value is -1.85. The average molecular weight is 230 g/mol. The normalized spacial score (nSPS) is 11.5. The third-order valence-corrected chi connectivity index (χ3v) is 1.88. The van der Waals surface area contributed by atoms with E-state index in [-0.39, 0.29) is 18.2 Å². The maximum absolute atomic E-state index is 13.1. The molecule has 88 valence electrons. The highest BCUT2D eigenvalue weighted by atomic mass is 19.2. The summed E-state index contributed by atoms with van der Waals surface area (Å²) in [6.07, 6.45) is 0.777. The summed E-state index contributed by atoms with van der Waals surface area (Å²) in [5.41, 5.74) is 5.22. The lowest BCUT2D eigenvalue weighted by Gasteiger charge is -2.06. The largest absolute Gasteiger partial charge is 0.490 e. The van der Waals surface area contributed by atoms with Gasteiger partial charge in [0, 0.05) is 6.42 Å². The standard InChI is InChI=1S/C10H12F2N2O2/c11-7-3-1-4-8(10(7)12)16-6-2-5-9(13)14-15/h1,3-4,15H,2,5-6H2,(H2,13,14). The number of oxime groups is 1. The summed E-state index contributed by atoms with van der Waals surface area (Å²) in [7, 11) is 0. The Morgan fingerprint density at radius 2 is 2.19 bits per heavy atom. The van der Waals surface area contributed by atoms with Gasteiger partial charge in [-0.3, -0.25) is 0 Å². The average Bonchev–Trinajstić information content (AvgIpc) is 2.29. The summed E-state index contributed by atoms with van der Waals surface area (Å²) in [5, 5.41) is 11.0. The van der Waals surface area contributed by atoms with Crippen molar-refractivity contribution in [2.45, 2.75) is 12.8 Å². The Bertz CT molecular complexity index is 383. The van der Waals surface area contributed by atoms with Crippen LogP contribution in [0, 0.1) is 11.6 Å². The zero-order valence-corrected chi connectivity index (χ0v) is 8.49. The van der Waals surface area contributed by atoms with E-state index in [1.165, 1.54) is 12.1 Å². The minimum Gasteiger partial charge on any atom is -0.490 e. The number of hydrogen-bond acceptors (Lipinski definition) is 3. The van der Waals surface area contributed by atoms with E-state index in [4.69, 9.17) is 15.7 Å². The number of hydrogen-bond donors (Lipinski definition) is 2. The van der Waals surface area contributed by atoms with Gasteiger partial charge in [0.25, 0.3) is 0 Å². The van der Waals surface area contributed by atoms with Gasteiger partial charge in [-0.25, -0.2) is 4.39 Å². The molecule has 4 nitrogen and oxygen atoms in total. The van der Waals surface area contributed by atoms with E-state index in [0.717, 1.165) is 6.07 Å². The summed E-state index contributed by atoms with van der Waals surface area (Å²) < 4.78 is 30.8. The number of benzene rings is 1. The smallest absolute Gasteiger partial charge is 0.200 e. The fourth-order valence-electron chi connectivity index (χ4n) is 1.08. The molecule has 0 saturated heterocycles. The van der Waals surface area contributed by atoms with Crippen LogP contribution >= 0.6 is 0 Å². The molecule has 0 spiro atoms. The van der Waals surface area contributed by atoms with E-state index in [1.807, 2.05) is 0 Å². The van der Waals surface area contributed by atoms with Gasteiger partial charge in [0.15, 0.2) is 11.6 Å². The molecule has 0 aliphatic rings. The molecule has 3 N–H and O–H groups in total. The SMILES string of the molecule is NC(CCCOc1cccc(F)c1F)=NO. The lowest BCUT2D eigenvalue weighted by atomic mass is 10.3. The summed E-state index contributed by atoms with van der Waals surface area (Å²) in [4.78, 5) is 0. The Labute approximate surface area is 91.3 Å². The molecule has 1 aromatic rings. The van der Waals surface area contributed by atoms with Gasteiger partial charge >= 0.3 is 0 Å². The van der Waals surface area contributed by atoms with Crippen LogP contribution in [-0.4, -0.2) is 17.6 Å². The molecule has 1 aromatic carbocycles. The summed E-state index contributed by atoms with van der Waals surface area (Å²) in [6.45, 7) is 0.163. The molecule has 1 rings (SSSR count). The number of rotatable bonds is 5. The van der Waals surface area contributed by atoms with E-state index in [0.29, 0.717) is 12.8 Å². The molecule has 0 unspecified atom stereocenters. The highest BCUT2D eigenvalue weighted by Crippen LogP contribution is 2.19. The topological polar surface area (TPSA) is 67.8 Å². The lowest BCUT2D eigenvalue weighted by molar-refractivity contribution is 0.289. The van der Waals surface area contributed by atoms with Crippen LogP contribution in [0.5, 0.6) is 5.75 Å². The predicted octanol–water partition coefficient (Wildman–Crippen LogP) is 1.87. The number of amidine groups is 1. The van der Waals surface area contributed by atoms with Gasteiger partial charge in [-0.1, -0.05) is 11.2 Å². The first-order valence-electron chi connectivity index (χ1n) is 4.68. The van der Waals surface area contributed by atoms with Gasteiger partial charge in [0.05, 0.1) is 6.61 Å². The Morgan fingerprint density at radius 1 is 1.44 bits per heavy atom. The molecule has 0 aliphatic carbocycles. The van der Waals surface area contributed by atoms with Crippen LogP contribution in [0.4, 0.5) is 8.78 Å². The van der Waals surface area contributed by atoms with Gasteiger partial charge in [-0.15, -0.1) is 0 Å². The molecule has 16 heavy (non-hydrogen) atoms. The van der Waals surface area contributed by atoms with Crippen molar-refractivity contribution in [1.82, 2.24) is 0 Å². The Balaban J connectivity index is 2.41. The minimum atomic E-state index is -1.01. The van der Waals surface area contributed by atoms with Crippen molar-refractivity contribution in [3.05, 3.63) is 29.8 Å². The summed E-state index contributed by atoms with van der Waals surface area (Å²) in [6, 6.07) is 3.71. The van der Waals surface area contributed by atoms with Crippen molar-refractivity contribution in [3.63, 3.8) is 0 Å². The quantitative estimate of drug-likeness (QED) is 0.267. The highest BCUT2D eigenvalue weighted by Gasteiger charge is 2.08. The number of ether oxygens (including phenoxy) is 1. The zero-order chi connectivity index (χ0) is 12.0. The molecule has 0 aliphatic heterocycles. The molecule has 0 saturated carbocycles. The van der Waals surface area contributed by atoms with Gasteiger partial charge in [-0.2, -0.15) is 4.39 Å². The van der Waals surface area contributed by atoms with Crippen LogP contribution in [0.2, 0.25) is 0 Å². The van der Waals surface area contributed by atoms with E-state index in [2.05, 4.69) is 5.16 Å². The fourth-order valence-corrected chi connectivity index (χ4v) is 1.08. The van der Waals surface area contributed by atoms with Crippen LogP contribution in [-0.2, 0) is 0 Å². The van der Waals surface area contributed by atoms with Crippen LogP contribution in [0.1, 0.15) is 12.8 Å². The maximum atomic E-state index is 13.1. The summed E-state index contributed by atoms with van der Waals surface area (Å²) in [5.74, 6) is -2.02. The molecular weight excluding hydrogens is 218 g/mol.